The van der Waals surface area contributed by atoms with Crippen molar-refractivity contribution in [3.05, 3.63) is 125 Å². The summed E-state index contributed by atoms with van der Waals surface area (Å²) in [5, 5.41) is 16.1. The molecule has 4 aliphatic heterocycles. The van der Waals surface area contributed by atoms with Crippen LogP contribution in [0.25, 0.3) is 11.1 Å². The number of nitrogens with zero attached hydrogens (tertiary/aromatic N) is 3. The highest BCUT2D eigenvalue weighted by atomic mass is 16.5. The van der Waals surface area contributed by atoms with E-state index in [-0.39, 0.29) is 24.5 Å². The zero-order valence-electron chi connectivity index (χ0n) is 33.7. The number of hydrogen-bond donors (Lipinski definition) is 3. The van der Waals surface area contributed by atoms with Gasteiger partial charge in [-0.15, -0.1) is 0 Å². The molecule has 2 unspecified atom stereocenters. The summed E-state index contributed by atoms with van der Waals surface area (Å²) in [7, 11) is 0. The maximum atomic E-state index is 13.4. The number of carbonyl (C=O) groups excluding carboxylic acids is 4. The molecule has 306 valence electrons. The normalized spacial score (nSPS) is 20.7. The number of fused-ring (bicyclic) bond motifs is 1. The third-order valence-corrected chi connectivity index (χ3v) is 12.4. The molecule has 0 bridgehead atoms. The van der Waals surface area contributed by atoms with E-state index in [0.717, 1.165) is 104 Å². The van der Waals surface area contributed by atoms with Gasteiger partial charge in [0, 0.05) is 37.8 Å². The van der Waals surface area contributed by atoms with E-state index in [9.17, 15) is 24.3 Å². The number of phenolic OH excluding ortho intramolecular Hbond substituents is 1. The first-order valence-corrected chi connectivity index (χ1v) is 21.1. The van der Waals surface area contributed by atoms with Crippen LogP contribution in [0.15, 0.2) is 97.1 Å². The van der Waals surface area contributed by atoms with E-state index in [1.165, 1.54) is 11.1 Å². The number of amides is 4. The number of piperidine rings is 3. The smallest absolute Gasteiger partial charge is 0.262 e. The summed E-state index contributed by atoms with van der Waals surface area (Å²) in [5.74, 6) is -0.221. The van der Waals surface area contributed by atoms with Crippen LogP contribution in [-0.2, 0) is 9.59 Å². The number of ether oxygens (including phenoxy) is 1. The fourth-order valence-corrected chi connectivity index (χ4v) is 9.10. The molecule has 4 aliphatic rings. The molecule has 3 fully saturated rings. The van der Waals surface area contributed by atoms with Crippen LogP contribution in [-0.4, -0.2) is 96.5 Å². The minimum Gasteiger partial charge on any atom is -0.508 e. The second-order valence-electron chi connectivity index (χ2n) is 16.1. The van der Waals surface area contributed by atoms with E-state index in [4.69, 9.17) is 4.74 Å². The van der Waals surface area contributed by atoms with Crippen LogP contribution in [0.1, 0.15) is 89.3 Å². The Balaban J connectivity index is 0.794. The van der Waals surface area contributed by atoms with Crippen molar-refractivity contribution in [1.29, 1.82) is 0 Å². The lowest BCUT2D eigenvalue weighted by atomic mass is 9.88. The number of carbonyl (C=O) groups is 4. The molecule has 8 rings (SSSR count). The quantitative estimate of drug-likeness (QED) is 0.102. The number of hydrogen-bond acceptors (Lipinski definition) is 9. The fraction of sp³-hybridized carbons (Fsp3) is 0.375. The maximum absolute atomic E-state index is 13.4. The van der Waals surface area contributed by atoms with Gasteiger partial charge in [-0.05, 0) is 134 Å². The van der Waals surface area contributed by atoms with E-state index in [2.05, 4.69) is 75.9 Å². The van der Waals surface area contributed by atoms with Gasteiger partial charge < -0.3 is 20.1 Å². The Morgan fingerprint density at radius 2 is 1.51 bits per heavy atom. The molecule has 11 nitrogen and oxygen atoms in total. The Morgan fingerprint density at radius 1 is 0.797 bits per heavy atom. The van der Waals surface area contributed by atoms with Crippen LogP contribution in [0.4, 0.5) is 5.69 Å². The topological polar surface area (TPSA) is 132 Å². The molecular formula is C48H53N5O6. The van der Waals surface area contributed by atoms with Crippen molar-refractivity contribution in [2.45, 2.75) is 64.0 Å². The standard InChI is InChI=1S/C48H53N5O6/c1-2-40(33-7-4-3-5-8-33)45(34-10-15-38(54)16-11-34)35-12-17-39(18-13-35)59-28-27-51-25-22-32(23-26-51)30-49-36-9-6-24-52(31-36)37-14-19-41-42(29-37)48(58)53(47(41)57)43-20-21-44(55)50-46(43)56/h3-5,7-8,10-19,29,32,36,43,49,54H,2,6,9,20-28,30-31H2,1H3,(H,50,55,56). The molecule has 0 aliphatic carbocycles. The molecule has 3 N–H and O–H groups in total. The number of nitrogens with one attached hydrogen (secondary N) is 2. The van der Waals surface area contributed by atoms with Gasteiger partial charge >= 0.3 is 0 Å². The van der Waals surface area contributed by atoms with E-state index < -0.39 is 23.8 Å². The van der Waals surface area contributed by atoms with Gasteiger partial charge in [-0.1, -0.05) is 61.5 Å². The Morgan fingerprint density at radius 3 is 2.22 bits per heavy atom. The summed E-state index contributed by atoms with van der Waals surface area (Å²) in [6, 6.07) is 31.0. The number of likely N-dealkylation sites (tertiary alicyclic amines) is 1. The number of allylic oxidation sites excluding steroid dienone is 1. The molecule has 59 heavy (non-hydrogen) atoms. The first kappa shape index (κ1) is 40.0. The molecule has 4 heterocycles. The van der Waals surface area contributed by atoms with Crippen molar-refractivity contribution in [2.24, 2.45) is 5.92 Å². The van der Waals surface area contributed by atoms with Crippen molar-refractivity contribution in [3.8, 4) is 11.5 Å². The Labute approximate surface area is 346 Å². The van der Waals surface area contributed by atoms with Gasteiger partial charge in [0.1, 0.15) is 24.1 Å². The van der Waals surface area contributed by atoms with Crippen LogP contribution >= 0.6 is 0 Å². The zero-order valence-corrected chi connectivity index (χ0v) is 33.7. The first-order chi connectivity index (χ1) is 28.7. The van der Waals surface area contributed by atoms with Crippen molar-refractivity contribution in [3.63, 3.8) is 0 Å². The summed E-state index contributed by atoms with van der Waals surface area (Å²) in [5.41, 5.74) is 7.29. The molecule has 4 amide bonds. The minimum absolute atomic E-state index is 0.0993. The Hall–Kier alpha value is -5.78. The van der Waals surface area contributed by atoms with E-state index in [1.54, 1.807) is 24.3 Å². The zero-order chi connectivity index (χ0) is 40.9. The molecule has 0 spiro atoms. The number of rotatable bonds is 13. The van der Waals surface area contributed by atoms with Crippen LogP contribution < -0.4 is 20.3 Å². The first-order valence-electron chi connectivity index (χ1n) is 21.1. The second kappa shape index (κ2) is 18.0. The van der Waals surface area contributed by atoms with Gasteiger partial charge in [-0.3, -0.25) is 34.3 Å². The largest absolute Gasteiger partial charge is 0.508 e. The Bertz CT molecular complexity index is 2200. The maximum Gasteiger partial charge on any atom is 0.262 e. The van der Waals surface area contributed by atoms with Gasteiger partial charge in [-0.2, -0.15) is 0 Å². The molecule has 0 radical (unpaired) electrons. The van der Waals surface area contributed by atoms with E-state index in [0.29, 0.717) is 29.7 Å². The van der Waals surface area contributed by atoms with Crippen molar-refractivity contribution < 1.29 is 29.0 Å². The van der Waals surface area contributed by atoms with Crippen molar-refractivity contribution in [1.82, 2.24) is 20.4 Å². The van der Waals surface area contributed by atoms with Crippen LogP contribution in [0.5, 0.6) is 11.5 Å². The average molecular weight is 796 g/mol. The number of phenols is 1. The molecule has 2 atom stereocenters. The molecule has 11 heteroatoms. The summed E-state index contributed by atoms with van der Waals surface area (Å²) < 4.78 is 6.24. The number of anilines is 1. The van der Waals surface area contributed by atoms with E-state index >= 15 is 0 Å². The fourth-order valence-electron chi connectivity index (χ4n) is 9.10. The van der Waals surface area contributed by atoms with Crippen molar-refractivity contribution >= 4 is 40.5 Å². The summed E-state index contributed by atoms with van der Waals surface area (Å²) in [4.78, 5) is 56.5. The highest BCUT2D eigenvalue weighted by molar-refractivity contribution is 6.23. The third-order valence-electron chi connectivity index (χ3n) is 12.4. The highest BCUT2D eigenvalue weighted by Crippen LogP contribution is 2.36. The van der Waals surface area contributed by atoms with Gasteiger partial charge in [-0.25, -0.2) is 0 Å². The Kier molecular flexibility index (Phi) is 12.2. The third kappa shape index (κ3) is 8.96. The molecule has 4 aromatic rings. The summed E-state index contributed by atoms with van der Waals surface area (Å²) >= 11 is 0. The lowest BCUT2D eigenvalue weighted by Crippen LogP contribution is -2.54. The number of benzene rings is 4. The predicted molar refractivity (Wildman–Crippen MR) is 228 cm³/mol. The van der Waals surface area contributed by atoms with E-state index in [1.807, 2.05) is 24.3 Å². The van der Waals surface area contributed by atoms with Crippen molar-refractivity contribution in [2.75, 3.05) is 50.8 Å². The average Bonchev–Trinajstić information content (AvgIpc) is 3.51. The molecule has 0 aromatic heterocycles. The monoisotopic (exact) mass is 795 g/mol. The number of aromatic hydroxyl groups is 1. The van der Waals surface area contributed by atoms with Gasteiger partial charge in [0.2, 0.25) is 11.8 Å². The molecular weight excluding hydrogens is 743 g/mol. The van der Waals surface area contributed by atoms with Crippen LogP contribution in [0.2, 0.25) is 0 Å². The predicted octanol–water partition coefficient (Wildman–Crippen LogP) is 6.51. The second-order valence-corrected chi connectivity index (χ2v) is 16.1. The van der Waals surface area contributed by atoms with Crippen LogP contribution in [0, 0.1) is 5.92 Å². The molecule has 3 saturated heterocycles. The SMILES string of the molecule is CCC(=C(c1ccc(O)cc1)c1ccc(OCCN2CCC(CNC3CCCN(c4ccc5c(c4)C(=O)N(C4CCC(=O)NC4=O)C5=O)C3)CC2)cc1)c1ccccc1. The van der Waals surface area contributed by atoms with Gasteiger partial charge in [0.05, 0.1) is 11.1 Å². The highest BCUT2D eigenvalue weighted by Gasteiger charge is 2.45. The van der Waals surface area contributed by atoms with Crippen LogP contribution in [0.3, 0.4) is 0 Å². The van der Waals surface area contributed by atoms with Gasteiger partial charge in [0.15, 0.2) is 0 Å². The lowest BCUT2D eigenvalue weighted by molar-refractivity contribution is -0.136. The molecule has 4 aromatic carbocycles. The summed E-state index contributed by atoms with van der Waals surface area (Å²) in [6.45, 7) is 8.43. The summed E-state index contributed by atoms with van der Waals surface area (Å²) in [6.07, 6.45) is 5.49. The number of imide groups is 2. The lowest BCUT2D eigenvalue weighted by Gasteiger charge is -2.37. The molecule has 0 saturated carbocycles. The van der Waals surface area contributed by atoms with Gasteiger partial charge in [0.25, 0.3) is 11.8 Å². The minimum atomic E-state index is -0.966.